The molecule has 0 aliphatic heterocycles. The maximum absolute atomic E-state index is 5.98. The first-order valence-electron chi connectivity index (χ1n) is 6.19. The van der Waals surface area contributed by atoms with Crippen LogP contribution in [0.2, 0.25) is 0 Å². The number of hydrogen-bond donors (Lipinski definition) is 2. The van der Waals surface area contributed by atoms with Gasteiger partial charge < -0.3 is 10.5 Å². The van der Waals surface area contributed by atoms with Crippen molar-refractivity contribution in [3.8, 4) is 16.9 Å². The molecule has 1 aliphatic rings. The molecule has 1 fully saturated rings. The summed E-state index contributed by atoms with van der Waals surface area (Å²) >= 11 is 0. The van der Waals surface area contributed by atoms with Gasteiger partial charge in [0, 0.05) is 17.2 Å². The van der Waals surface area contributed by atoms with Crippen LogP contribution in [0.1, 0.15) is 25.0 Å². The first kappa shape index (κ1) is 11.1. The second kappa shape index (κ2) is 4.05. The highest BCUT2D eigenvalue weighted by atomic mass is 16.5. The standard InChI is InChI=1S/C14H17N3O/c1-8-7-11(8)13-12(14(15)17-16-13)9-3-5-10(18-2)6-4-9/h3-6,8,11H,7H2,1-2H3,(H3,15,16,17). The zero-order valence-electron chi connectivity index (χ0n) is 10.6. The van der Waals surface area contributed by atoms with E-state index in [0.717, 1.165) is 22.8 Å². The molecule has 1 aromatic carbocycles. The number of ether oxygens (including phenoxy) is 1. The Bertz CT molecular complexity index is 559. The fourth-order valence-electron chi connectivity index (χ4n) is 2.42. The van der Waals surface area contributed by atoms with Crippen molar-refractivity contribution in [2.24, 2.45) is 5.92 Å². The highest BCUT2D eigenvalue weighted by molar-refractivity contribution is 5.77. The van der Waals surface area contributed by atoms with Crippen LogP contribution >= 0.6 is 0 Å². The largest absolute Gasteiger partial charge is 0.497 e. The van der Waals surface area contributed by atoms with Crippen LogP contribution in [-0.2, 0) is 0 Å². The summed E-state index contributed by atoms with van der Waals surface area (Å²) in [6.45, 7) is 2.25. The first-order chi connectivity index (χ1) is 8.70. The van der Waals surface area contributed by atoms with Crippen molar-refractivity contribution in [2.45, 2.75) is 19.3 Å². The molecular weight excluding hydrogens is 226 g/mol. The van der Waals surface area contributed by atoms with E-state index >= 15 is 0 Å². The van der Waals surface area contributed by atoms with E-state index in [-0.39, 0.29) is 0 Å². The number of nitrogens with two attached hydrogens (primary N) is 1. The topological polar surface area (TPSA) is 63.9 Å². The molecule has 94 valence electrons. The summed E-state index contributed by atoms with van der Waals surface area (Å²) in [7, 11) is 1.67. The average molecular weight is 243 g/mol. The van der Waals surface area contributed by atoms with Gasteiger partial charge in [0.25, 0.3) is 0 Å². The van der Waals surface area contributed by atoms with Gasteiger partial charge in [0.2, 0.25) is 0 Å². The van der Waals surface area contributed by atoms with E-state index < -0.39 is 0 Å². The number of hydrogen-bond acceptors (Lipinski definition) is 3. The molecule has 2 aromatic rings. The molecule has 0 spiro atoms. The Hall–Kier alpha value is -1.97. The molecule has 3 rings (SSSR count). The van der Waals surface area contributed by atoms with Gasteiger partial charge in [0.05, 0.1) is 7.11 Å². The third-order valence-electron chi connectivity index (χ3n) is 3.68. The Balaban J connectivity index is 2.02. The Morgan fingerprint density at radius 2 is 2.00 bits per heavy atom. The molecule has 4 nitrogen and oxygen atoms in total. The van der Waals surface area contributed by atoms with Crippen LogP contribution in [0.4, 0.5) is 5.82 Å². The molecule has 2 unspecified atom stereocenters. The maximum Gasteiger partial charge on any atom is 0.153 e. The van der Waals surface area contributed by atoms with Gasteiger partial charge in [-0.1, -0.05) is 19.1 Å². The average Bonchev–Trinajstić information content (AvgIpc) is 2.99. The first-order valence-corrected chi connectivity index (χ1v) is 6.19. The lowest BCUT2D eigenvalue weighted by molar-refractivity contribution is 0.415. The van der Waals surface area contributed by atoms with Gasteiger partial charge in [-0.05, 0) is 30.0 Å². The number of nitrogen functional groups attached to an aromatic ring is 1. The SMILES string of the molecule is COc1ccc(-c2c(N)n[nH]c2C2CC2C)cc1. The summed E-state index contributed by atoms with van der Waals surface area (Å²) in [4.78, 5) is 0. The van der Waals surface area contributed by atoms with Crippen LogP contribution in [-0.4, -0.2) is 17.3 Å². The summed E-state index contributed by atoms with van der Waals surface area (Å²) < 4.78 is 5.17. The minimum absolute atomic E-state index is 0.576. The van der Waals surface area contributed by atoms with E-state index in [9.17, 15) is 0 Å². The normalized spacial score (nSPS) is 21.9. The predicted octanol–water partition coefficient (Wildman–Crippen LogP) is 2.79. The third kappa shape index (κ3) is 1.74. The molecule has 4 heteroatoms. The monoisotopic (exact) mass is 243 g/mol. The van der Waals surface area contributed by atoms with Gasteiger partial charge in [-0.3, -0.25) is 5.10 Å². The fourth-order valence-corrected chi connectivity index (χ4v) is 2.42. The van der Waals surface area contributed by atoms with Crippen LogP contribution < -0.4 is 10.5 Å². The van der Waals surface area contributed by atoms with Crippen molar-refractivity contribution in [1.82, 2.24) is 10.2 Å². The maximum atomic E-state index is 5.98. The van der Waals surface area contributed by atoms with E-state index in [1.807, 2.05) is 24.3 Å². The van der Waals surface area contributed by atoms with Crippen LogP contribution in [0.15, 0.2) is 24.3 Å². The number of H-pyrrole nitrogens is 1. The zero-order chi connectivity index (χ0) is 12.7. The number of rotatable bonds is 3. The summed E-state index contributed by atoms with van der Waals surface area (Å²) in [5.41, 5.74) is 9.29. The van der Waals surface area contributed by atoms with Crippen molar-refractivity contribution in [3.05, 3.63) is 30.0 Å². The third-order valence-corrected chi connectivity index (χ3v) is 3.68. The van der Waals surface area contributed by atoms with E-state index in [4.69, 9.17) is 10.5 Å². The Morgan fingerprint density at radius 1 is 1.33 bits per heavy atom. The fraction of sp³-hybridized carbons (Fsp3) is 0.357. The molecular formula is C14H17N3O. The molecule has 0 saturated heterocycles. The van der Waals surface area contributed by atoms with Gasteiger partial charge in [0.1, 0.15) is 5.75 Å². The van der Waals surface area contributed by atoms with Crippen LogP contribution in [0.5, 0.6) is 5.75 Å². The number of nitrogens with zero attached hydrogens (tertiary/aromatic N) is 1. The lowest BCUT2D eigenvalue weighted by atomic mass is 10.0. The summed E-state index contributed by atoms with van der Waals surface area (Å²) in [6.07, 6.45) is 1.21. The molecule has 2 atom stereocenters. The lowest BCUT2D eigenvalue weighted by Gasteiger charge is -2.05. The van der Waals surface area contributed by atoms with E-state index in [0.29, 0.717) is 11.7 Å². The van der Waals surface area contributed by atoms with Crippen molar-refractivity contribution < 1.29 is 4.74 Å². The van der Waals surface area contributed by atoms with E-state index in [1.54, 1.807) is 7.11 Å². The van der Waals surface area contributed by atoms with Crippen molar-refractivity contribution in [1.29, 1.82) is 0 Å². The molecule has 1 heterocycles. The molecule has 1 saturated carbocycles. The summed E-state index contributed by atoms with van der Waals surface area (Å²) in [5, 5.41) is 7.24. The molecule has 3 N–H and O–H groups in total. The molecule has 0 bridgehead atoms. The zero-order valence-corrected chi connectivity index (χ0v) is 10.6. The van der Waals surface area contributed by atoms with Crippen molar-refractivity contribution in [2.75, 3.05) is 12.8 Å². The lowest BCUT2D eigenvalue weighted by Crippen LogP contribution is -1.91. The number of anilines is 1. The minimum atomic E-state index is 0.576. The van der Waals surface area contributed by atoms with Crippen LogP contribution in [0.3, 0.4) is 0 Å². The van der Waals surface area contributed by atoms with Crippen molar-refractivity contribution >= 4 is 5.82 Å². The Morgan fingerprint density at radius 3 is 2.56 bits per heavy atom. The predicted molar refractivity (Wildman–Crippen MR) is 71.5 cm³/mol. The second-order valence-electron chi connectivity index (χ2n) is 4.95. The van der Waals surface area contributed by atoms with Gasteiger partial charge in [-0.25, -0.2) is 0 Å². The molecule has 1 aliphatic carbocycles. The van der Waals surface area contributed by atoms with Crippen LogP contribution in [0, 0.1) is 5.92 Å². The number of nitrogens with one attached hydrogen (secondary N) is 1. The highest BCUT2D eigenvalue weighted by Gasteiger charge is 2.37. The molecule has 1 aromatic heterocycles. The van der Waals surface area contributed by atoms with Crippen LogP contribution in [0.25, 0.3) is 11.1 Å². The Labute approximate surface area is 106 Å². The van der Waals surface area contributed by atoms with Gasteiger partial charge >= 0.3 is 0 Å². The molecule has 18 heavy (non-hydrogen) atoms. The van der Waals surface area contributed by atoms with E-state index in [2.05, 4.69) is 17.1 Å². The van der Waals surface area contributed by atoms with Gasteiger partial charge in [-0.2, -0.15) is 5.10 Å². The van der Waals surface area contributed by atoms with E-state index in [1.165, 1.54) is 12.1 Å². The quantitative estimate of drug-likeness (QED) is 0.871. The summed E-state index contributed by atoms with van der Waals surface area (Å²) in [6, 6.07) is 7.94. The van der Waals surface area contributed by atoms with Crippen molar-refractivity contribution in [3.63, 3.8) is 0 Å². The Kier molecular flexibility index (Phi) is 2.51. The number of aromatic amines is 1. The number of methoxy groups -OCH3 is 1. The number of benzene rings is 1. The van der Waals surface area contributed by atoms with Gasteiger partial charge in [0.15, 0.2) is 5.82 Å². The minimum Gasteiger partial charge on any atom is -0.497 e. The smallest absolute Gasteiger partial charge is 0.153 e. The summed E-state index contributed by atoms with van der Waals surface area (Å²) in [5.74, 6) is 2.73. The molecule has 0 amide bonds. The second-order valence-corrected chi connectivity index (χ2v) is 4.95. The molecule has 0 radical (unpaired) electrons. The van der Waals surface area contributed by atoms with Gasteiger partial charge in [-0.15, -0.1) is 0 Å². The number of aromatic nitrogens is 2. The highest BCUT2D eigenvalue weighted by Crippen LogP contribution is 2.50.